The summed E-state index contributed by atoms with van der Waals surface area (Å²) >= 11 is 3.31. The van der Waals surface area contributed by atoms with Crippen molar-refractivity contribution in [2.75, 3.05) is 11.1 Å². The number of halogens is 1. The van der Waals surface area contributed by atoms with Crippen molar-refractivity contribution in [3.8, 4) is 0 Å². The molecule has 2 rings (SSSR count). The van der Waals surface area contributed by atoms with Crippen LogP contribution in [0.2, 0.25) is 0 Å². The molecule has 2 aromatic rings. The normalized spacial score (nSPS) is 10.2. The molecule has 0 aliphatic carbocycles. The molecule has 0 spiro atoms. The fourth-order valence-electron chi connectivity index (χ4n) is 1.42. The molecule has 6 heteroatoms. The van der Waals surface area contributed by atoms with Crippen LogP contribution in [0.1, 0.15) is 16.1 Å². The number of aryl methyl sites for hydroxylation is 1. The summed E-state index contributed by atoms with van der Waals surface area (Å²) in [4.78, 5) is 11.9. The summed E-state index contributed by atoms with van der Waals surface area (Å²) in [7, 11) is 0. The summed E-state index contributed by atoms with van der Waals surface area (Å²) in [6, 6.07) is 5.29. The van der Waals surface area contributed by atoms with Crippen LogP contribution < -0.4 is 11.1 Å². The van der Waals surface area contributed by atoms with E-state index in [0.717, 1.165) is 10.2 Å². The van der Waals surface area contributed by atoms with Gasteiger partial charge in [0.2, 0.25) is 0 Å². The SMILES string of the molecule is Cc1[nH]ncc1C(=O)Nc1ccc(Br)cc1N. The molecule has 4 N–H and O–H groups in total. The highest BCUT2D eigenvalue weighted by atomic mass is 79.9. The van der Waals surface area contributed by atoms with Gasteiger partial charge < -0.3 is 11.1 Å². The molecule has 0 fully saturated rings. The third kappa shape index (κ3) is 2.47. The monoisotopic (exact) mass is 294 g/mol. The summed E-state index contributed by atoms with van der Waals surface area (Å²) in [6.45, 7) is 1.78. The van der Waals surface area contributed by atoms with Crippen LogP contribution in [0.15, 0.2) is 28.9 Å². The van der Waals surface area contributed by atoms with E-state index in [0.29, 0.717) is 16.9 Å². The number of nitrogens with zero attached hydrogens (tertiary/aromatic N) is 1. The molecule has 88 valence electrons. The molecule has 1 aromatic carbocycles. The number of benzene rings is 1. The summed E-state index contributed by atoms with van der Waals surface area (Å²) in [5.74, 6) is -0.231. The highest BCUT2D eigenvalue weighted by Gasteiger charge is 2.12. The Kier molecular flexibility index (Phi) is 3.14. The molecule has 0 radical (unpaired) electrons. The first-order valence-electron chi connectivity index (χ1n) is 4.94. The maximum atomic E-state index is 11.9. The fourth-order valence-corrected chi connectivity index (χ4v) is 1.80. The first-order chi connectivity index (χ1) is 8.08. The molecule has 0 atom stereocenters. The van der Waals surface area contributed by atoms with Gasteiger partial charge in [0.05, 0.1) is 23.1 Å². The Labute approximate surface area is 107 Å². The largest absolute Gasteiger partial charge is 0.397 e. The van der Waals surface area contributed by atoms with Gasteiger partial charge in [-0.15, -0.1) is 0 Å². The van der Waals surface area contributed by atoms with Crippen LogP contribution in [-0.2, 0) is 0 Å². The number of rotatable bonds is 2. The van der Waals surface area contributed by atoms with Gasteiger partial charge in [0, 0.05) is 10.2 Å². The number of anilines is 2. The molecule has 0 saturated carbocycles. The van der Waals surface area contributed by atoms with Crippen LogP contribution in [0, 0.1) is 6.92 Å². The second-order valence-electron chi connectivity index (χ2n) is 3.59. The lowest BCUT2D eigenvalue weighted by molar-refractivity contribution is 0.102. The smallest absolute Gasteiger partial charge is 0.259 e. The van der Waals surface area contributed by atoms with Crippen LogP contribution in [0.4, 0.5) is 11.4 Å². The number of aromatic amines is 1. The van der Waals surface area contributed by atoms with Crippen LogP contribution in [0.25, 0.3) is 0 Å². The summed E-state index contributed by atoms with van der Waals surface area (Å²) in [5, 5.41) is 9.24. The highest BCUT2D eigenvalue weighted by Crippen LogP contribution is 2.23. The van der Waals surface area contributed by atoms with E-state index in [4.69, 9.17) is 5.73 Å². The summed E-state index contributed by atoms with van der Waals surface area (Å²) in [6.07, 6.45) is 1.49. The maximum absolute atomic E-state index is 11.9. The highest BCUT2D eigenvalue weighted by molar-refractivity contribution is 9.10. The lowest BCUT2D eigenvalue weighted by atomic mass is 10.2. The van der Waals surface area contributed by atoms with E-state index in [2.05, 4.69) is 31.4 Å². The number of nitrogens with two attached hydrogens (primary N) is 1. The van der Waals surface area contributed by atoms with E-state index in [-0.39, 0.29) is 5.91 Å². The van der Waals surface area contributed by atoms with E-state index >= 15 is 0 Å². The third-order valence-electron chi connectivity index (χ3n) is 2.34. The van der Waals surface area contributed by atoms with Gasteiger partial charge >= 0.3 is 0 Å². The number of nitrogens with one attached hydrogen (secondary N) is 2. The van der Waals surface area contributed by atoms with Crippen LogP contribution in [0.3, 0.4) is 0 Å². The molecule has 0 saturated heterocycles. The van der Waals surface area contributed by atoms with E-state index in [9.17, 15) is 4.79 Å². The second-order valence-corrected chi connectivity index (χ2v) is 4.51. The Hall–Kier alpha value is -1.82. The first-order valence-corrected chi connectivity index (χ1v) is 5.73. The average Bonchev–Trinajstić information content (AvgIpc) is 2.68. The van der Waals surface area contributed by atoms with Gasteiger partial charge in [0.25, 0.3) is 5.91 Å². The molecule has 1 amide bonds. The Bertz CT molecular complexity index is 564. The molecule has 1 heterocycles. The van der Waals surface area contributed by atoms with Crippen molar-refractivity contribution in [2.24, 2.45) is 0 Å². The van der Waals surface area contributed by atoms with Crippen LogP contribution in [0.5, 0.6) is 0 Å². The zero-order valence-electron chi connectivity index (χ0n) is 9.12. The number of aromatic nitrogens is 2. The number of H-pyrrole nitrogens is 1. The van der Waals surface area contributed by atoms with Gasteiger partial charge in [-0.1, -0.05) is 15.9 Å². The quantitative estimate of drug-likeness (QED) is 0.743. The van der Waals surface area contributed by atoms with Crippen molar-refractivity contribution < 1.29 is 4.79 Å². The number of carbonyl (C=O) groups is 1. The van der Waals surface area contributed by atoms with E-state index in [1.807, 2.05) is 6.07 Å². The number of nitrogen functional groups attached to an aromatic ring is 1. The lowest BCUT2D eigenvalue weighted by Gasteiger charge is -2.07. The summed E-state index contributed by atoms with van der Waals surface area (Å²) < 4.78 is 0.868. The first kappa shape index (κ1) is 11.7. The van der Waals surface area contributed by atoms with Gasteiger partial charge in [0.15, 0.2) is 0 Å². The number of hydrogen-bond acceptors (Lipinski definition) is 3. The lowest BCUT2D eigenvalue weighted by Crippen LogP contribution is -2.13. The minimum Gasteiger partial charge on any atom is -0.397 e. The van der Waals surface area contributed by atoms with Crippen molar-refractivity contribution in [3.63, 3.8) is 0 Å². The minimum absolute atomic E-state index is 0.231. The van der Waals surface area contributed by atoms with Crippen molar-refractivity contribution in [1.82, 2.24) is 10.2 Å². The predicted octanol–water partition coefficient (Wildman–Crippen LogP) is 2.32. The fraction of sp³-hybridized carbons (Fsp3) is 0.0909. The van der Waals surface area contributed by atoms with Gasteiger partial charge in [-0.25, -0.2) is 0 Å². The average molecular weight is 295 g/mol. The Morgan fingerprint density at radius 2 is 2.29 bits per heavy atom. The Morgan fingerprint density at radius 3 is 2.88 bits per heavy atom. The standard InChI is InChI=1S/C11H11BrN4O/c1-6-8(5-14-16-6)11(17)15-10-3-2-7(12)4-9(10)13/h2-5H,13H2,1H3,(H,14,16)(H,15,17). The van der Waals surface area contributed by atoms with Gasteiger partial charge in [-0.3, -0.25) is 9.89 Å². The Balaban J connectivity index is 2.22. The topological polar surface area (TPSA) is 83.8 Å². The molecular weight excluding hydrogens is 284 g/mol. The Morgan fingerprint density at radius 1 is 1.53 bits per heavy atom. The van der Waals surface area contributed by atoms with E-state index < -0.39 is 0 Å². The molecule has 0 bridgehead atoms. The van der Waals surface area contributed by atoms with Gasteiger partial charge in [-0.2, -0.15) is 5.10 Å². The summed E-state index contributed by atoms with van der Waals surface area (Å²) in [5.41, 5.74) is 8.11. The molecular formula is C11H11BrN4O. The van der Waals surface area contributed by atoms with Crippen molar-refractivity contribution in [2.45, 2.75) is 6.92 Å². The molecule has 17 heavy (non-hydrogen) atoms. The van der Waals surface area contributed by atoms with Crippen molar-refractivity contribution >= 4 is 33.2 Å². The van der Waals surface area contributed by atoms with Crippen molar-refractivity contribution in [1.29, 1.82) is 0 Å². The predicted molar refractivity (Wildman–Crippen MR) is 69.8 cm³/mol. The van der Waals surface area contributed by atoms with Gasteiger partial charge in [0.1, 0.15) is 0 Å². The zero-order chi connectivity index (χ0) is 12.4. The molecule has 0 aliphatic heterocycles. The molecule has 0 unspecified atom stereocenters. The van der Waals surface area contributed by atoms with Gasteiger partial charge in [-0.05, 0) is 25.1 Å². The molecule has 1 aromatic heterocycles. The number of carbonyl (C=O) groups excluding carboxylic acids is 1. The molecule has 0 aliphatic rings. The number of amides is 1. The van der Waals surface area contributed by atoms with Crippen molar-refractivity contribution in [3.05, 3.63) is 40.1 Å². The van der Waals surface area contributed by atoms with E-state index in [1.54, 1.807) is 19.1 Å². The maximum Gasteiger partial charge on any atom is 0.259 e. The third-order valence-corrected chi connectivity index (χ3v) is 2.83. The van der Waals surface area contributed by atoms with E-state index in [1.165, 1.54) is 6.20 Å². The molecule has 5 nitrogen and oxygen atoms in total. The number of hydrogen-bond donors (Lipinski definition) is 3. The second kappa shape index (κ2) is 4.58. The van der Waals surface area contributed by atoms with Crippen LogP contribution >= 0.6 is 15.9 Å². The zero-order valence-corrected chi connectivity index (χ0v) is 10.7. The van der Waals surface area contributed by atoms with Crippen LogP contribution in [-0.4, -0.2) is 16.1 Å². The minimum atomic E-state index is -0.231.